The Morgan fingerprint density at radius 3 is 2.39 bits per heavy atom. The zero-order chi connectivity index (χ0) is 24.3. The lowest BCUT2D eigenvalue weighted by molar-refractivity contribution is -0.141. The number of aliphatic hydroxyl groups is 1. The Kier molecular flexibility index (Phi) is 7.58. The Hall–Kier alpha value is -2.72. The zero-order valence-corrected chi connectivity index (χ0v) is 18.8. The van der Waals surface area contributed by atoms with Crippen LogP contribution in [0, 0.1) is 19.7 Å². The molecular formula is C22H23ClF4N4O2. The molecule has 2 heterocycles. The number of unbranched alkanes of at least 4 members (excludes halogenated alkanes) is 1. The van der Waals surface area contributed by atoms with E-state index in [0.29, 0.717) is 29.8 Å². The molecule has 0 spiro atoms. The lowest BCUT2D eigenvalue weighted by Gasteiger charge is -2.18. The number of hydrogen-bond acceptors (Lipinski definition) is 4. The quantitative estimate of drug-likeness (QED) is 0.341. The van der Waals surface area contributed by atoms with E-state index in [0.717, 1.165) is 4.68 Å². The maximum atomic E-state index is 13.3. The summed E-state index contributed by atoms with van der Waals surface area (Å²) in [4.78, 5) is 13.2. The molecule has 33 heavy (non-hydrogen) atoms. The van der Waals surface area contributed by atoms with E-state index < -0.39 is 28.8 Å². The monoisotopic (exact) mass is 486 g/mol. The molecule has 0 amide bonds. The lowest BCUT2D eigenvalue weighted by Crippen LogP contribution is -2.24. The Morgan fingerprint density at radius 2 is 1.82 bits per heavy atom. The second kappa shape index (κ2) is 10.0. The van der Waals surface area contributed by atoms with Gasteiger partial charge in [0, 0.05) is 24.3 Å². The molecule has 1 N–H and O–H groups in total. The summed E-state index contributed by atoms with van der Waals surface area (Å²) in [7, 11) is 0. The summed E-state index contributed by atoms with van der Waals surface area (Å²) in [6.07, 6.45) is -2.33. The normalized spacial score (nSPS) is 12.8. The highest BCUT2D eigenvalue weighted by atomic mass is 35.5. The summed E-state index contributed by atoms with van der Waals surface area (Å²) >= 11 is 5.88. The van der Waals surface area contributed by atoms with Gasteiger partial charge >= 0.3 is 6.18 Å². The number of hydrogen-bond donors (Lipinski definition) is 1. The van der Waals surface area contributed by atoms with Crippen molar-refractivity contribution < 1.29 is 27.5 Å². The highest BCUT2D eigenvalue weighted by Gasteiger charge is 2.39. The number of aliphatic hydroxyl groups excluding tert-OH is 1. The van der Waals surface area contributed by atoms with Crippen molar-refractivity contribution in [2.24, 2.45) is 0 Å². The molecule has 0 fully saturated rings. The number of Topliss-reactive ketones (excluding diaryl/α,β-unsaturated/α-hetero) is 1. The molecule has 1 aromatic carbocycles. The SMILES string of the molecule is Cc1c(CC(=O)C(CCCCO)n2nc(C(F)(F)F)c(Cl)c2C)cnn1-c1ccc(F)cc1. The molecule has 0 bridgehead atoms. The summed E-state index contributed by atoms with van der Waals surface area (Å²) in [5.41, 5.74) is 0.655. The van der Waals surface area contributed by atoms with Crippen LogP contribution in [-0.2, 0) is 17.4 Å². The molecule has 0 saturated carbocycles. The first-order valence-corrected chi connectivity index (χ1v) is 10.7. The summed E-state index contributed by atoms with van der Waals surface area (Å²) in [5, 5.41) is 16.4. The maximum absolute atomic E-state index is 13.3. The minimum absolute atomic E-state index is 0.0464. The number of halogens is 5. The first kappa shape index (κ1) is 24.9. The molecule has 0 radical (unpaired) electrons. The van der Waals surface area contributed by atoms with Gasteiger partial charge in [-0.1, -0.05) is 11.6 Å². The van der Waals surface area contributed by atoms with E-state index in [9.17, 15) is 22.4 Å². The highest BCUT2D eigenvalue weighted by molar-refractivity contribution is 6.32. The molecule has 1 unspecified atom stereocenters. The van der Waals surface area contributed by atoms with Crippen molar-refractivity contribution >= 4 is 17.4 Å². The van der Waals surface area contributed by atoms with Crippen LogP contribution < -0.4 is 0 Å². The predicted octanol–water partition coefficient (Wildman–Crippen LogP) is 5.01. The van der Waals surface area contributed by atoms with Crippen molar-refractivity contribution in [2.45, 2.75) is 51.7 Å². The van der Waals surface area contributed by atoms with Gasteiger partial charge in [0.1, 0.15) is 11.9 Å². The summed E-state index contributed by atoms with van der Waals surface area (Å²) in [6, 6.07) is 4.69. The van der Waals surface area contributed by atoms with Crippen LogP contribution in [0.1, 0.15) is 47.9 Å². The number of nitrogens with zero attached hydrogens (tertiary/aromatic N) is 4. The first-order valence-electron chi connectivity index (χ1n) is 10.3. The number of carbonyl (C=O) groups is 1. The van der Waals surface area contributed by atoms with Crippen LogP contribution in [0.15, 0.2) is 30.5 Å². The fourth-order valence-electron chi connectivity index (χ4n) is 3.62. The van der Waals surface area contributed by atoms with Gasteiger partial charge in [-0.3, -0.25) is 9.48 Å². The van der Waals surface area contributed by atoms with Gasteiger partial charge in [0.05, 0.1) is 22.6 Å². The van der Waals surface area contributed by atoms with E-state index in [4.69, 9.17) is 16.7 Å². The van der Waals surface area contributed by atoms with Crippen molar-refractivity contribution in [2.75, 3.05) is 6.61 Å². The Morgan fingerprint density at radius 1 is 1.15 bits per heavy atom. The topological polar surface area (TPSA) is 72.9 Å². The Labute approximate surface area is 192 Å². The summed E-state index contributed by atoms with van der Waals surface area (Å²) in [6.45, 7) is 3.03. The van der Waals surface area contributed by atoms with E-state index in [1.54, 1.807) is 23.7 Å². The van der Waals surface area contributed by atoms with Crippen LogP contribution in [0.5, 0.6) is 0 Å². The van der Waals surface area contributed by atoms with Gasteiger partial charge < -0.3 is 5.11 Å². The second-order valence-electron chi connectivity index (χ2n) is 7.71. The highest BCUT2D eigenvalue weighted by Crippen LogP contribution is 2.37. The van der Waals surface area contributed by atoms with E-state index in [2.05, 4.69) is 10.2 Å². The van der Waals surface area contributed by atoms with Crippen LogP contribution in [0.2, 0.25) is 5.02 Å². The van der Waals surface area contributed by atoms with Gasteiger partial charge in [0.15, 0.2) is 11.5 Å². The molecule has 3 rings (SSSR count). The van der Waals surface area contributed by atoms with Gasteiger partial charge in [-0.25, -0.2) is 9.07 Å². The van der Waals surface area contributed by atoms with Crippen LogP contribution in [-0.4, -0.2) is 37.1 Å². The van der Waals surface area contributed by atoms with Gasteiger partial charge in [0.2, 0.25) is 0 Å². The van der Waals surface area contributed by atoms with Crippen molar-refractivity contribution in [1.29, 1.82) is 0 Å². The molecule has 0 saturated heterocycles. The standard InChI is InChI=1S/C22H23ClF4N4O2/c1-13-15(12-28-30(13)17-8-6-16(24)7-9-17)11-19(33)18(5-3-4-10-32)31-14(2)20(23)21(29-31)22(25,26)27/h6-9,12,18,32H,3-5,10-11H2,1-2H3. The van der Waals surface area contributed by atoms with Crippen molar-refractivity contribution in [3.05, 3.63) is 63.9 Å². The number of alkyl halides is 3. The number of ketones is 1. The molecule has 3 aromatic rings. The molecule has 0 aliphatic heterocycles. The van der Waals surface area contributed by atoms with Crippen molar-refractivity contribution in [1.82, 2.24) is 19.6 Å². The molecule has 11 heteroatoms. The molecule has 178 valence electrons. The Bertz CT molecular complexity index is 1120. The number of rotatable bonds is 9. The largest absolute Gasteiger partial charge is 0.436 e. The molecule has 2 aromatic heterocycles. The van der Waals surface area contributed by atoms with E-state index in [1.807, 2.05) is 0 Å². The van der Waals surface area contributed by atoms with Crippen LogP contribution >= 0.6 is 11.6 Å². The molecule has 6 nitrogen and oxygen atoms in total. The van der Waals surface area contributed by atoms with Crippen LogP contribution in [0.25, 0.3) is 5.69 Å². The zero-order valence-electron chi connectivity index (χ0n) is 18.0. The van der Waals surface area contributed by atoms with Gasteiger partial charge in [0.25, 0.3) is 0 Å². The lowest BCUT2D eigenvalue weighted by atomic mass is 9.99. The van der Waals surface area contributed by atoms with Crippen LogP contribution in [0.4, 0.5) is 17.6 Å². The van der Waals surface area contributed by atoms with E-state index >= 15 is 0 Å². The second-order valence-corrected chi connectivity index (χ2v) is 8.09. The summed E-state index contributed by atoms with van der Waals surface area (Å²) < 4.78 is 55.7. The van der Waals surface area contributed by atoms with E-state index in [1.165, 1.54) is 25.3 Å². The third-order valence-electron chi connectivity index (χ3n) is 5.45. The van der Waals surface area contributed by atoms with Crippen molar-refractivity contribution in [3.63, 3.8) is 0 Å². The average molecular weight is 487 g/mol. The minimum atomic E-state index is -4.75. The predicted molar refractivity (Wildman–Crippen MR) is 114 cm³/mol. The number of aromatic nitrogens is 4. The Balaban J connectivity index is 1.90. The van der Waals surface area contributed by atoms with Gasteiger partial charge in [-0.2, -0.15) is 23.4 Å². The van der Waals surface area contributed by atoms with Gasteiger partial charge in [-0.15, -0.1) is 0 Å². The maximum Gasteiger partial charge on any atom is 0.436 e. The number of carbonyl (C=O) groups excluding carboxylic acids is 1. The first-order chi connectivity index (χ1) is 15.5. The van der Waals surface area contributed by atoms with E-state index in [-0.39, 0.29) is 30.9 Å². The molecule has 0 aliphatic rings. The smallest absolute Gasteiger partial charge is 0.396 e. The molecule has 1 atom stereocenters. The fraction of sp³-hybridized carbons (Fsp3) is 0.409. The number of benzene rings is 1. The molecule has 0 aliphatic carbocycles. The fourth-order valence-corrected chi connectivity index (χ4v) is 3.85. The average Bonchev–Trinajstić information content (AvgIpc) is 3.26. The minimum Gasteiger partial charge on any atom is -0.396 e. The van der Waals surface area contributed by atoms with Gasteiger partial charge in [-0.05, 0) is 57.4 Å². The third-order valence-corrected chi connectivity index (χ3v) is 5.90. The third kappa shape index (κ3) is 5.44. The van der Waals surface area contributed by atoms with Crippen LogP contribution in [0.3, 0.4) is 0 Å². The van der Waals surface area contributed by atoms with Crippen molar-refractivity contribution in [3.8, 4) is 5.69 Å². The molecular weight excluding hydrogens is 464 g/mol. The summed E-state index contributed by atoms with van der Waals surface area (Å²) in [5.74, 6) is -0.748.